The van der Waals surface area contributed by atoms with Crippen molar-refractivity contribution >= 4 is 50.9 Å². The minimum absolute atomic E-state index is 0.0609. The molecule has 0 radical (unpaired) electrons. The van der Waals surface area contributed by atoms with Crippen molar-refractivity contribution in [1.82, 2.24) is 9.47 Å². The summed E-state index contributed by atoms with van der Waals surface area (Å²) in [5.74, 6) is -5.08. The molecular weight excluding hydrogens is 647 g/mol. The zero-order chi connectivity index (χ0) is 33.6. The van der Waals surface area contributed by atoms with E-state index in [4.69, 9.17) is 33.5 Å². The number of carboxylic acids is 1. The maximum atomic E-state index is 15.6. The maximum Gasteiger partial charge on any atom is 0.413 e. The van der Waals surface area contributed by atoms with Gasteiger partial charge in [0, 0.05) is 44.3 Å². The summed E-state index contributed by atoms with van der Waals surface area (Å²) in [6, 6.07) is 0.439. The number of carboxylic acid groups (broad SMARTS) is 1. The number of amides is 1. The fraction of sp³-hybridized carbons (Fsp3) is 0.520. The van der Waals surface area contributed by atoms with Crippen LogP contribution < -0.4 is 15.1 Å². The van der Waals surface area contributed by atoms with Gasteiger partial charge < -0.3 is 53.5 Å². The molecule has 1 aromatic carbocycles. The number of hydrogen-bond donors (Lipinski definition) is 5. The third kappa shape index (κ3) is 8.54. The Hall–Kier alpha value is -3.66. The highest BCUT2D eigenvalue weighted by atomic mass is 31.2. The van der Waals surface area contributed by atoms with Crippen LogP contribution in [0.4, 0.5) is 14.9 Å². The van der Waals surface area contributed by atoms with E-state index in [2.05, 4.69) is 0 Å². The van der Waals surface area contributed by atoms with Gasteiger partial charge in [-0.2, -0.15) is 0 Å². The van der Waals surface area contributed by atoms with Crippen LogP contribution in [0.1, 0.15) is 49.0 Å². The molecule has 2 aromatic rings. The number of esters is 1. The second-order valence-corrected chi connectivity index (χ2v) is 12.1. The second-order valence-electron chi connectivity index (χ2n) is 10.2. The molecule has 1 aliphatic carbocycles. The van der Waals surface area contributed by atoms with Gasteiger partial charge in [-0.15, -0.1) is 0 Å². The van der Waals surface area contributed by atoms with Crippen LogP contribution in [0.15, 0.2) is 17.1 Å². The van der Waals surface area contributed by atoms with Crippen LogP contribution in [0, 0.1) is 5.82 Å². The standard InChI is InChI=1S/C25H31FN3O12P.HO2P/c1-13-10-27(7-8-28(13)25(35)41-12-40-18(30)5-6-19(31)42(36,37)38)21-17(26)9-15-20(23(21)39-2)29(14-3-4-14)11-16(22(15)32)24(33)34;1-3-2/h9,11,13-14,19,31H,3-8,10,12H2,1-2H3,(H,33,34)(H2,36,37,38);(H,1,2). The van der Waals surface area contributed by atoms with Crippen LogP contribution >= 0.6 is 16.3 Å². The van der Waals surface area contributed by atoms with E-state index < -0.39 is 82.6 Å². The van der Waals surface area contributed by atoms with Crippen LogP contribution in [-0.4, -0.2) is 97.8 Å². The van der Waals surface area contributed by atoms with Gasteiger partial charge in [0.15, 0.2) is 17.4 Å². The van der Waals surface area contributed by atoms with Crippen LogP contribution in [0.25, 0.3) is 10.9 Å². The molecule has 17 nitrogen and oxygen atoms in total. The van der Waals surface area contributed by atoms with Gasteiger partial charge in [0.25, 0.3) is 0 Å². The van der Waals surface area contributed by atoms with Gasteiger partial charge in [-0.3, -0.25) is 14.2 Å². The molecule has 1 aliphatic heterocycles. The monoisotopic (exact) mass is 679 g/mol. The lowest BCUT2D eigenvalue weighted by Crippen LogP contribution is -2.54. The Morgan fingerprint density at radius 3 is 2.38 bits per heavy atom. The third-order valence-electron chi connectivity index (χ3n) is 7.15. The first-order valence-electron chi connectivity index (χ1n) is 13.4. The molecule has 2 atom stereocenters. The van der Waals surface area contributed by atoms with Gasteiger partial charge in [0.1, 0.15) is 11.3 Å². The minimum atomic E-state index is -4.76. The van der Waals surface area contributed by atoms with Gasteiger partial charge in [-0.05, 0) is 32.3 Å². The van der Waals surface area contributed by atoms with Crippen molar-refractivity contribution in [2.45, 2.75) is 50.5 Å². The molecule has 4 rings (SSSR count). The maximum absolute atomic E-state index is 15.6. The van der Waals surface area contributed by atoms with Crippen molar-refractivity contribution in [3.63, 3.8) is 0 Å². The van der Waals surface area contributed by atoms with Crippen molar-refractivity contribution in [2.24, 2.45) is 0 Å². The SMILES string of the molecule is COc1c(N2CCN(C(=O)OCOC(=O)CCC(O)P(=O)(O)O)C(C)C2)c(F)cc2c(=O)c(C(=O)O)cn(C3CC3)c12.O=PO. The quantitative estimate of drug-likeness (QED) is 0.137. The predicted molar refractivity (Wildman–Crippen MR) is 153 cm³/mol. The Labute approximate surface area is 256 Å². The first kappa shape index (κ1) is 35.8. The molecular formula is C25H32FN3O14P2. The Balaban J connectivity index is 0.00000177. The Morgan fingerprint density at radius 1 is 1.20 bits per heavy atom. The number of halogens is 1. The largest absolute Gasteiger partial charge is 0.492 e. The number of methoxy groups -OCH3 is 1. The van der Waals surface area contributed by atoms with E-state index in [0.29, 0.717) is 0 Å². The summed E-state index contributed by atoms with van der Waals surface area (Å²) in [5, 5.41) is 18.7. The summed E-state index contributed by atoms with van der Waals surface area (Å²) in [4.78, 5) is 76.6. The average molecular weight is 679 g/mol. The van der Waals surface area contributed by atoms with Gasteiger partial charge in [-0.25, -0.2) is 18.5 Å². The highest BCUT2D eigenvalue weighted by molar-refractivity contribution is 7.52. The lowest BCUT2D eigenvalue weighted by molar-refractivity contribution is -0.153. The average Bonchev–Trinajstić information content (AvgIpc) is 3.81. The smallest absolute Gasteiger partial charge is 0.413 e. The highest BCUT2D eigenvalue weighted by Crippen LogP contribution is 2.44. The number of piperazine rings is 1. The summed E-state index contributed by atoms with van der Waals surface area (Å²) >= 11 is 0. The molecule has 248 valence electrons. The summed E-state index contributed by atoms with van der Waals surface area (Å²) in [5.41, 5.74) is -0.935. The molecule has 0 spiro atoms. The number of nitrogens with zero attached hydrogens (tertiary/aromatic N) is 3. The number of benzene rings is 1. The number of ether oxygens (including phenoxy) is 3. The number of carbonyl (C=O) groups is 3. The molecule has 0 bridgehead atoms. The van der Waals surface area contributed by atoms with E-state index in [9.17, 15) is 34.0 Å². The molecule has 2 heterocycles. The van der Waals surface area contributed by atoms with Crippen LogP contribution in [0.2, 0.25) is 0 Å². The number of hydrogen-bond acceptors (Lipinski definition) is 11. The van der Waals surface area contributed by atoms with E-state index >= 15 is 4.39 Å². The summed E-state index contributed by atoms with van der Waals surface area (Å²) in [6.07, 6.45) is 0.912. The molecule has 1 aromatic heterocycles. The molecule has 1 saturated heterocycles. The number of pyridine rings is 1. The topological polar surface area (TPSA) is 243 Å². The van der Waals surface area contributed by atoms with Gasteiger partial charge in [0.2, 0.25) is 12.2 Å². The van der Waals surface area contributed by atoms with Crippen molar-refractivity contribution in [2.75, 3.05) is 38.4 Å². The van der Waals surface area contributed by atoms with Crippen molar-refractivity contribution in [3.8, 4) is 5.75 Å². The fourth-order valence-electron chi connectivity index (χ4n) is 4.87. The normalized spacial score (nSPS) is 17.4. The highest BCUT2D eigenvalue weighted by Gasteiger charge is 2.35. The van der Waals surface area contributed by atoms with E-state index in [0.717, 1.165) is 18.9 Å². The number of aliphatic hydroxyl groups is 1. The summed E-state index contributed by atoms with van der Waals surface area (Å²) in [7, 11) is -4.26. The van der Waals surface area contributed by atoms with E-state index in [-0.39, 0.29) is 48.0 Å². The van der Waals surface area contributed by atoms with Crippen molar-refractivity contribution < 1.29 is 67.0 Å². The molecule has 20 heteroatoms. The molecule has 2 aliphatic rings. The molecule has 45 heavy (non-hydrogen) atoms. The first-order valence-corrected chi connectivity index (χ1v) is 15.8. The summed E-state index contributed by atoms with van der Waals surface area (Å²) in [6.45, 7) is 1.28. The van der Waals surface area contributed by atoms with E-state index in [1.807, 2.05) is 0 Å². The van der Waals surface area contributed by atoms with Gasteiger partial charge in [0.05, 0.1) is 18.0 Å². The van der Waals surface area contributed by atoms with E-state index in [1.165, 1.54) is 18.2 Å². The number of anilines is 1. The van der Waals surface area contributed by atoms with Crippen LogP contribution in [-0.2, 0) is 23.4 Å². The third-order valence-corrected chi connectivity index (χ3v) is 8.18. The number of rotatable bonds is 10. The predicted octanol–water partition coefficient (Wildman–Crippen LogP) is 1.79. The van der Waals surface area contributed by atoms with Crippen LogP contribution in [0.3, 0.4) is 0 Å². The number of aromatic carboxylic acids is 1. The first-order chi connectivity index (χ1) is 21.2. The molecule has 2 fully saturated rings. The minimum Gasteiger partial charge on any atom is -0.492 e. The molecule has 2 unspecified atom stereocenters. The molecule has 5 N–H and O–H groups in total. The Kier molecular flexibility index (Phi) is 12.0. The lowest BCUT2D eigenvalue weighted by Gasteiger charge is -2.40. The molecule has 1 amide bonds. The Bertz CT molecular complexity index is 1560. The lowest BCUT2D eigenvalue weighted by atomic mass is 10.1. The number of carbonyl (C=O) groups excluding carboxylic acids is 2. The number of aliphatic hydroxyl groups excluding tert-OH is 1. The number of fused-ring (bicyclic) bond motifs is 1. The van der Waals surface area contributed by atoms with Gasteiger partial charge >= 0.3 is 34.3 Å². The Morgan fingerprint density at radius 2 is 1.84 bits per heavy atom. The summed E-state index contributed by atoms with van der Waals surface area (Å²) < 4.78 is 51.9. The van der Waals surface area contributed by atoms with E-state index in [1.54, 1.807) is 16.4 Å². The zero-order valence-electron chi connectivity index (χ0n) is 24.1. The molecule has 1 saturated carbocycles. The second kappa shape index (κ2) is 15.1. The van der Waals surface area contributed by atoms with Crippen molar-refractivity contribution in [3.05, 3.63) is 33.9 Å². The number of aromatic nitrogens is 1. The fourth-order valence-corrected chi connectivity index (χ4v) is 5.34. The van der Waals surface area contributed by atoms with Crippen molar-refractivity contribution in [1.29, 1.82) is 0 Å². The zero-order valence-corrected chi connectivity index (χ0v) is 25.9. The van der Waals surface area contributed by atoms with Crippen LogP contribution in [0.5, 0.6) is 5.75 Å². The van der Waals surface area contributed by atoms with Gasteiger partial charge in [-0.1, -0.05) is 0 Å².